The van der Waals surface area contributed by atoms with Crippen molar-refractivity contribution in [2.24, 2.45) is 4.99 Å². The van der Waals surface area contributed by atoms with E-state index in [4.69, 9.17) is 9.73 Å². The lowest BCUT2D eigenvalue weighted by molar-refractivity contribution is 0.526. The van der Waals surface area contributed by atoms with Gasteiger partial charge in [0.2, 0.25) is 0 Å². The standard InChI is InChI=1S/C47H44Br2N4O/c48-35-29-36(49)31-45(30-35)54-47-28-16-27-46(50-47)53(41-25-14-5-15-26-41)44-33-42(51(37-17-6-1-7-18-37)38-19-8-2-9-20-38)32-43(34-44)52(39-21-10-3-11-22-39)40-23-12-4-13-24-40/h1-3,5-11,14-15,17-19,21-23,25-27,29-31,33-34,38,42H,4,12-13,16,20,24,28,32H2. The minimum absolute atomic E-state index is 0.0491. The molecule has 272 valence electrons. The van der Waals surface area contributed by atoms with Gasteiger partial charge in [-0.15, -0.1) is 0 Å². The molecule has 2 atom stereocenters. The van der Waals surface area contributed by atoms with E-state index < -0.39 is 0 Å². The first kappa shape index (κ1) is 36.1. The van der Waals surface area contributed by atoms with Crippen molar-refractivity contribution in [1.29, 1.82) is 0 Å². The molecule has 0 saturated carbocycles. The van der Waals surface area contributed by atoms with Crippen molar-refractivity contribution in [3.8, 4) is 5.75 Å². The molecular weight excluding hydrogens is 796 g/mol. The highest BCUT2D eigenvalue weighted by atomic mass is 79.9. The van der Waals surface area contributed by atoms with Crippen LogP contribution in [0, 0.1) is 0 Å². The zero-order valence-electron chi connectivity index (χ0n) is 30.3. The summed E-state index contributed by atoms with van der Waals surface area (Å²) < 4.78 is 8.36. The van der Waals surface area contributed by atoms with Crippen LogP contribution in [0.4, 0.5) is 17.1 Å². The summed E-state index contributed by atoms with van der Waals surface area (Å²) in [5, 5.41) is 0. The monoisotopic (exact) mass is 838 g/mol. The number of halogens is 2. The molecular formula is C47H44Br2N4O. The lowest BCUT2D eigenvalue weighted by Crippen LogP contribution is -2.45. The minimum atomic E-state index is 0.0491. The van der Waals surface area contributed by atoms with E-state index in [-0.39, 0.29) is 12.1 Å². The summed E-state index contributed by atoms with van der Waals surface area (Å²) in [5.41, 5.74) is 7.19. The first-order valence-electron chi connectivity index (χ1n) is 19.0. The van der Waals surface area contributed by atoms with Gasteiger partial charge in [-0.3, -0.25) is 4.90 Å². The minimum Gasteiger partial charge on any atom is -0.443 e. The van der Waals surface area contributed by atoms with Crippen LogP contribution in [0.25, 0.3) is 0 Å². The van der Waals surface area contributed by atoms with Gasteiger partial charge in [0.05, 0.1) is 12.1 Å². The SMILES string of the molecule is Brc1cc(Br)cc(OC2=NC(N(C3=CC(N(c4ccccc4)C4C=CC=CC4)CC(N(C4=CCCCC4)c4ccccc4)=C3)c3ccccc3)=CCC2)c1. The molecule has 2 unspecified atom stereocenters. The predicted octanol–water partition coefficient (Wildman–Crippen LogP) is 13.0. The van der Waals surface area contributed by atoms with Gasteiger partial charge in [-0.1, -0.05) is 117 Å². The molecule has 4 aliphatic rings. The summed E-state index contributed by atoms with van der Waals surface area (Å²) >= 11 is 7.24. The van der Waals surface area contributed by atoms with Crippen molar-refractivity contribution in [2.75, 3.05) is 14.7 Å². The molecule has 0 amide bonds. The van der Waals surface area contributed by atoms with E-state index in [0.717, 1.165) is 70.4 Å². The van der Waals surface area contributed by atoms with Crippen LogP contribution in [0.15, 0.2) is 195 Å². The molecule has 7 heteroatoms. The van der Waals surface area contributed by atoms with Crippen LogP contribution in [-0.4, -0.2) is 18.0 Å². The maximum absolute atomic E-state index is 6.46. The summed E-state index contributed by atoms with van der Waals surface area (Å²) in [5.74, 6) is 2.29. The van der Waals surface area contributed by atoms with Crippen molar-refractivity contribution < 1.29 is 4.74 Å². The molecule has 4 aromatic carbocycles. The number of nitrogens with zero attached hydrogens (tertiary/aromatic N) is 4. The fourth-order valence-corrected chi connectivity index (χ4v) is 9.08. The second-order valence-corrected chi connectivity index (χ2v) is 15.8. The number of aliphatic imine (C=N–C) groups is 1. The highest BCUT2D eigenvalue weighted by Gasteiger charge is 2.33. The maximum atomic E-state index is 6.46. The van der Waals surface area contributed by atoms with E-state index >= 15 is 0 Å². The smallest absolute Gasteiger partial charge is 0.196 e. The summed E-state index contributed by atoms with van der Waals surface area (Å²) in [4.78, 5) is 12.7. The molecule has 1 heterocycles. The highest BCUT2D eigenvalue weighted by Crippen LogP contribution is 2.40. The third-order valence-electron chi connectivity index (χ3n) is 10.2. The van der Waals surface area contributed by atoms with E-state index in [1.54, 1.807) is 0 Å². The number of hydrogen-bond donors (Lipinski definition) is 0. The molecule has 0 bridgehead atoms. The average molecular weight is 841 g/mol. The van der Waals surface area contributed by atoms with E-state index in [9.17, 15) is 0 Å². The van der Waals surface area contributed by atoms with E-state index in [1.807, 2.05) is 18.2 Å². The number of para-hydroxylation sites is 3. The van der Waals surface area contributed by atoms with Gasteiger partial charge in [-0.05, 0) is 111 Å². The van der Waals surface area contributed by atoms with Crippen LogP contribution >= 0.6 is 31.9 Å². The topological polar surface area (TPSA) is 31.3 Å². The van der Waals surface area contributed by atoms with Gasteiger partial charge >= 0.3 is 0 Å². The lowest BCUT2D eigenvalue weighted by Gasteiger charge is -2.43. The Hall–Kier alpha value is -4.85. The van der Waals surface area contributed by atoms with Gasteiger partial charge in [0.1, 0.15) is 11.6 Å². The second kappa shape index (κ2) is 17.1. The normalized spacial score (nSPS) is 19.5. The fraction of sp³-hybridized carbons (Fsp3) is 0.213. The molecule has 0 saturated heterocycles. The Bertz CT molecular complexity index is 2130. The summed E-state index contributed by atoms with van der Waals surface area (Å²) in [6, 6.07) is 38.7. The van der Waals surface area contributed by atoms with Crippen molar-refractivity contribution in [3.05, 3.63) is 190 Å². The number of benzene rings is 4. The zero-order chi connectivity index (χ0) is 36.7. The van der Waals surface area contributed by atoms with Gasteiger partial charge in [-0.2, -0.15) is 4.99 Å². The number of allylic oxidation sites excluding steroid dienone is 6. The second-order valence-electron chi connectivity index (χ2n) is 14.0. The van der Waals surface area contributed by atoms with Crippen LogP contribution in [0.1, 0.15) is 51.4 Å². The van der Waals surface area contributed by atoms with Crippen molar-refractivity contribution in [2.45, 2.75) is 63.5 Å². The fourth-order valence-electron chi connectivity index (χ4n) is 7.83. The third kappa shape index (κ3) is 8.43. The first-order valence-corrected chi connectivity index (χ1v) is 20.6. The average Bonchev–Trinajstić information content (AvgIpc) is 3.20. The molecule has 1 aliphatic heterocycles. The lowest BCUT2D eigenvalue weighted by atomic mass is 9.94. The largest absolute Gasteiger partial charge is 0.443 e. The Morgan fingerprint density at radius 1 is 0.648 bits per heavy atom. The maximum Gasteiger partial charge on any atom is 0.196 e. The van der Waals surface area contributed by atoms with Gasteiger partial charge in [0.25, 0.3) is 0 Å². The Labute approximate surface area is 336 Å². The van der Waals surface area contributed by atoms with E-state index in [2.05, 4.69) is 186 Å². The Balaban J connectivity index is 1.28. The molecule has 3 aliphatic carbocycles. The number of anilines is 3. The molecule has 0 aromatic heterocycles. The third-order valence-corrected chi connectivity index (χ3v) is 11.1. The molecule has 54 heavy (non-hydrogen) atoms. The summed E-state index contributed by atoms with van der Waals surface area (Å²) in [7, 11) is 0. The number of rotatable bonds is 10. The van der Waals surface area contributed by atoms with Crippen LogP contribution < -0.4 is 19.4 Å². The predicted molar refractivity (Wildman–Crippen MR) is 232 cm³/mol. The Morgan fingerprint density at radius 3 is 1.98 bits per heavy atom. The van der Waals surface area contributed by atoms with Crippen LogP contribution in [0.5, 0.6) is 5.75 Å². The van der Waals surface area contributed by atoms with Gasteiger partial charge in [0.15, 0.2) is 5.90 Å². The number of hydrogen-bond acceptors (Lipinski definition) is 5. The molecule has 0 fully saturated rings. The van der Waals surface area contributed by atoms with Crippen LogP contribution in [0.2, 0.25) is 0 Å². The van der Waals surface area contributed by atoms with Crippen molar-refractivity contribution in [1.82, 2.24) is 0 Å². The highest BCUT2D eigenvalue weighted by molar-refractivity contribution is 9.11. The zero-order valence-corrected chi connectivity index (χ0v) is 33.4. The van der Waals surface area contributed by atoms with Crippen LogP contribution in [0.3, 0.4) is 0 Å². The molecule has 0 radical (unpaired) electrons. The molecule has 5 nitrogen and oxygen atoms in total. The Kier molecular flexibility index (Phi) is 11.4. The van der Waals surface area contributed by atoms with E-state index in [1.165, 1.54) is 35.6 Å². The van der Waals surface area contributed by atoms with Gasteiger partial charge < -0.3 is 14.5 Å². The molecule has 0 spiro atoms. The summed E-state index contributed by atoms with van der Waals surface area (Å²) in [6.07, 6.45) is 26.5. The van der Waals surface area contributed by atoms with Gasteiger partial charge in [-0.25, -0.2) is 0 Å². The van der Waals surface area contributed by atoms with Gasteiger partial charge in [0, 0.05) is 55.9 Å². The quantitative estimate of drug-likeness (QED) is 0.159. The molecule has 0 N–H and O–H groups in total. The van der Waals surface area contributed by atoms with E-state index in [0.29, 0.717) is 5.90 Å². The number of ether oxygens (including phenoxy) is 1. The Morgan fingerprint density at radius 2 is 1.33 bits per heavy atom. The van der Waals surface area contributed by atoms with Crippen molar-refractivity contribution >= 4 is 54.8 Å². The van der Waals surface area contributed by atoms with Crippen molar-refractivity contribution in [3.63, 3.8) is 0 Å². The molecule has 8 rings (SSSR count). The summed E-state index contributed by atoms with van der Waals surface area (Å²) in [6.45, 7) is 0. The van der Waals surface area contributed by atoms with Crippen LogP contribution in [-0.2, 0) is 0 Å². The molecule has 4 aromatic rings. The first-order chi connectivity index (χ1) is 26.6.